The number of halogens is 1. The third-order valence-electron chi connectivity index (χ3n) is 4.45. The van der Waals surface area contributed by atoms with E-state index in [9.17, 15) is 4.79 Å². The topological polar surface area (TPSA) is 74.2 Å². The van der Waals surface area contributed by atoms with Crippen molar-refractivity contribution >= 4 is 29.4 Å². The molecule has 1 fully saturated rings. The first-order valence-corrected chi connectivity index (χ1v) is 9.58. The Kier molecular flexibility index (Phi) is 6.45. The summed E-state index contributed by atoms with van der Waals surface area (Å²) < 4.78 is 0. The lowest BCUT2D eigenvalue weighted by molar-refractivity contribution is -0.120. The minimum atomic E-state index is -0.116. The molecule has 0 aliphatic carbocycles. The minimum Gasteiger partial charge on any atom is -0.349 e. The third kappa shape index (κ3) is 5.29. The first kappa shape index (κ1) is 19.4. The molecule has 1 aliphatic rings. The second-order valence-corrected chi connectivity index (χ2v) is 7.25. The molecule has 8 heteroatoms. The second kappa shape index (κ2) is 8.99. The lowest BCUT2D eigenvalue weighted by atomic mass is 10.1. The third-order valence-corrected chi connectivity index (χ3v) is 4.82. The number of hydrogen-bond acceptors (Lipinski definition) is 6. The Hall–Kier alpha value is -2.41. The minimum absolute atomic E-state index is 0.116. The van der Waals surface area contributed by atoms with Gasteiger partial charge in [0.15, 0.2) is 5.82 Å². The number of nitrogens with zero attached hydrogens (tertiary/aromatic N) is 5. The summed E-state index contributed by atoms with van der Waals surface area (Å²) in [5, 5.41) is 3.48. The van der Waals surface area contributed by atoms with Gasteiger partial charge in [-0.25, -0.2) is 0 Å². The Morgan fingerprint density at radius 1 is 1.15 bits per heavy atom. The Labute approximate surface area is 164 Å². The van der Waals surface area contributed by atoms with E-state index in [0.29, 0.717) is 22.7 Å². The van der Waals surface area contributed by atoms with Crippen molar-refractivity contribution in [1.29, 1.82) is 0 Å². The molecular weight excluding hydrogens is 364 g/mol. The van der Waals surface area contributed by atoms with Gasteiger partial charge in [-0.15, -0.1) is 0 Å². The molecule has 27 heavy (non-hydrogen) atoms. The Morgan fingerprint density at radius 2 is 1.89 bits per heavy atom. The normalized spacial score (nSPS) is 14.1. The number of rotatable bonds is 6. The summed E-state index contributed by atoms with van der Waals surface area (Å²) in [6, 6.07) is 7.35. The number of amides is 1. The van der Waals surface area contributed by atoms with Crippen molar-refractivity contribution in [3.63, 3.8) is 0 Å². The highest BCUT2D eigenvalue weighted by atomic mass is 35.5. The van der Waals surface area contributed by atoms with E-state index >= 15 is 0 Å². The summed E-state index contributed by atoms with van der Waals surface area (Å²) in [7, 11) is 3.80. The van der Waals surface area contributed by atoms with Crippen LogP contribution in [0.25, 0.3) is 0 Å². The highest BCUT2D eigenvalue weighted by Gasteiger charge is 2.17. The van der Waals surface area contributed by atoms with Crippen molar-refractivity contribution in [1.82, 2.24) is 20.3 Å². The predicted molar refractivity (Wildman–Crippen MR) is 107 cm³/mol. The number of anilines is 2. The van der Waals surface area contributed by atoms with Crippen LogP contribution in [-0.2, 0) is 17.8 Å². The standard InChI is InChI=1S/C19H25ClN6O/c1-25(2)18-22-16(23-19(24-18)26-10-6-3-7-11-26)13-21-17(27)12-14-8-4-5-9-15(14)20/h4-5,8-9H,3,6-7,10-13H2,1-2H3,(H,21,27). The van der Waals surface area contributed by atoms with Crippen LogP contribution in [0.2, 0.25) is 5.02 Å². The average molecular weight is 389 g/mol. The van der Waals surface area contributed by atoms with E-state index in [1.165, 1.54) is 6.42 Å². The fraction of sp³-hybridized carbons (Fsp3) is 0.474. The fourth-order valence-electron chi connectivity index (χ4n) is 2.96. The molecule has 2 aromatic rings. The maximum atomic E-state index is 12.3. The van der Waals surface area contributed by atoms with Crippen LogP contribution in [0.1, 0.15) is 30.7 Å². The molecule has 0 spiro atoms. The number of carbonyl (C=O) groups is 1. The van der Waals surface area contributed by atoms with Crippen LogP contribution < -0.4 is 15.1 Å². The molecule has 2 heterocycles. The summed E-state index contributed by atoms with van der Waals surface area (Å²) in [5.74, 6) is 1.72. The van der Waals surface area contributed by atoms with Gasteiger partial charge in [0.2, 0.25) is 17.8 Å². The van der Waals surface area contributed by atoms with Crippen molar-refractivity contribution in [3.05, 3.63) is 40.7 Å². The van der Waals surface area contributed by atoms with Gasteiger partial charge in [0, 0.05) is 32.2 Å². The zero-order valence-electron chi connectivity index (χ0n) is 15.8. The predicted octanol–water partition coefficient (Wildman–Crippen LogP) is 2.44. The van der Waals surface area contributed by atoms with Gasteiger partial charge in [0.1, 0.15) is 0 Å². The molecule has 0 saturated carbocycles. The Balaban J connectivity index is 1.68. The fourth-order valence-corrected chi connectivity index (χ4v) is 3.17. The van der Waals surface area contributed by atoms with Gasteiger partial charge in [-0.3, -0.25) is 4.79 Å². The smallest absolute Gasteiger partial charge is 0.230 e. The van der Waals surface area contributed by atoms with Crippen LogP contribution in [0, 0.1) is 0 Å². The molecule has 1 N–H and O–H groups in total. The van der Waals surface area contributed by atoms with E-state index in [4.69, 9.17) is 11.6 Å². The molecule has 0 atom stereocenters. The largest absolute Gasteiger partial charge is 0.349 e. The van der Waals surface area contributed by atoms with E-state index in [-0.39, 0.29) is 18.9 Å². The van der Waals surface area contributed by atoms with Crippen LogP contribution in [-0.4, -0.2) is 48.0 Å². The summed E-state index contributed by atoms with van der Waals surface area (Å²) >= 11 is 6.12. The first-order chi connectivity index (χ1) is 13.0. The van der Waals surface area contributed by atoms with E-state index in [1.807, 2.05) is 37.2 Å². The van der Waals surface area contributed by atoms with E-state index in [2.05, 4.69) is 25.2 Å². The number of piperidine rings is 1. The molecule has 1 amide bonds. The van der Waals surface area contributed by atoms with Gasteiger partial charge in [0.25, 0.3) is 0 Å². The summed E-state index contributed by atoms with van der Waals surface area (Å²) in [6.45, 7) is 2.16. The molecule has 0 radical (unpaired) electrons. The maximum Gasteiger partial charge on any atom is 0.230 e. The van der Waals surface area contributed by atoms with Gasteiger partial charge in [-0.2, -0.15) is 15.0 Å². The lowest BCUT2D eigenvalue weighted by Crippen LogP contribution is -2.33. The Morgan fingerprint density at radius 3 is 2.59 bits per heavy atom. The van der Waals surface area contributed by atoms with Gasteiger partial charge in [0.05, 0.1) is 13.0 Å². The first-order valence-electron chi connectivity index (χ1n) is 9.20. The average Bonchev–Trinajstić information content (AvgIpc) is 2.68. The van der Waals surface area contributed by atoms with Gasteiger partial charge >= 0.3 is 0 Å². The van der Waals surface area contributed by atoms with Crippen LogP contribution >= 0.6 is 11.6 Å². The van der Waals surface area contributed by atoms with Crippen LogP contribution in [0.4, 0.5) is 11.9 Å². The SMILES string of the molecule is CN(C)c1nc(CNC(=O)Cc2ccccc2Cl)nc(N2CCCCC2)n1. The monoisotopic (exact) mass is 388 g/mol. The quantitative estimate of drug-likeness (QED) is 0.819. The molecule has 1 aliphatic heterocycles. The molecule has 0 bridgehead atoms. The molecule has 1 aromatic carbocycles. The van der Waals surface area contributed by atoms with Crippen LogP contribution in [0.15, 0.2) is 24.3 Å². The lowest BCUT2D eigenvalue weighted by Gasteiger charge is -2.27. The highest BCUT2D eigenvalue weighted by molar-refractivity contribution is 6.31. The molecule has 1 aromatic heterocycles. The van der Waals surface area contributed by atoms with E-state index in [0.717, 1.165) is 31.5 Å². The number of carbonyl (C=O) groups excluding carboxylic acids is 1. The zero-order valence-corrected chi connectivity index (χ0v) is 16.5. The molecule has 7 nitrogen and oxygen atoms in total. The summed E-state index contributed by atoms with van der Waals surface area (Å²) in [6.07, 6.45) is 3.76. The van der Waals surface area contributed by atoms with Gasteiger partial charge < -0.3 is 15.1 Å². The molecule has 144 valence electrons. The number of nitrogens with one attached hydrogen (secondary N) is 1. The van der Waals surface area contributed by atoms with E-state index < -0.39 is 0 Å². The van der Waals surface area contributed by atoms with Crippen molar-refractivity contribution in [3.8, 4) is 0 Å². The molecule has 1 saturated heterocycles. The number of benzene rings is 1. The number of hydrogen-bond donors (Lipinski definition) is 1. The second-order valence-electron chi connectivity index (χ2n) is 6.84. The molecule has 0 unspecified atom stereocenters. The van der Waals surface area contributed by atoms with Crippen LogP contribution in [0.5, 0.6) is 0 Å². The van der Waals surface area contributed by atoms with Crippen molar-refractivity contribution in [2.45, 2.75) is 32.2 Å². The van der Waals surface area contributed by atoms with Crippen LogP contribution in [0.3, 0.4) is 0 Å². The highest BCUT2D eigenvalue weighted by Crippen LogP contribution is 2.18. The summed E-state index contributed by atoms with van der Waals surface area (Å²) in [5.41, 5.74) is 0.801. The maximum absolute atomic E-state index is 12.3. The Bertz CT molecular complexity index is 792. The number of aromatic nitrogens is 3. The zero-order chi connectivity index (χ0) is 19.2. The molecular formula is C19H25ClN6O. The summed E-state index contributed by atoms with van der Waals surface area (Å²) in [4.78, 5) is 29.9. The van der Waals surface area contributed by atoms with Gasteiger partial charge in [-0.1, -0.05) is 29.8 Å². The van der Waals surface area contributed by atoms with Crippen molar-refractivity contribution in [2.75, 3.05) is 37.0 Å². The van der Waals surface area contributed by atoms with Gasteiger partial charge in [-0.05, 0) is 30.9 Å². The molecule has 3 rings (SSSR count). The van der Waals surface area contributed by atoms with Crippen molar-refractivity contribution < 1.29 is 4.79 Å². The van der Waals surface area contributed by atoms with Crippen molar-refractivity contribution in [2.24, 2.45) is 0 Å². The van der Waals surface area contributed by atoms with E-state index in [1.54, 1.807) is 6.07 Å².